The van der Waals surface area contributed by atoms with Crippen molar-refractivity contribution in [2.24, 2.45) is 0 Å². The van der Waals surface area contributed by atoms with Crippen molar-refractivity contribution in [1.82, 2.24) is 15.1 Å². The molecule has 10 N–H and O–H groups in total. The molecule has 1 unspecified atom stereocenters. The van der Waals surface area contributed by atoms with Gasteiger partial charge in [0.2, 0.25) is 5.72 Å². The Morgan fingerprint density at radius 1 is 1.00 bits per heavy atom. The maximum Gasteiger partial charge on any atom is 0.356 e. The minimum absolute atomic E-state index is 0.0754. The van der Waals surface area contributed by atoms with Gasteiger partial charge in [-0.05, 0) is 23.3 Å². The van der Waals surface area contributed by atoms with Crippen LogP contribution in [0.15, 0.2) is 42.5 Å². The maximum atomic E-state index is 13.1. The zero-order valence-electron chi connectivity index (χ0n) is 22.6. The molecule has 2 aromatic carbocycles. The number of amides is 2. The first-order valence-electron chi connectivity index (χ1n) is 12.7. The third-order valence-electron chi connectivity index (χ3n) is 7.24. The lowest BCUT2D eigenvalue weighted by Crippen LogP contribution is -2.83. The van der Waals surface area contributed by atoms with Gasteiger partial charge in [0.05, 0.1) is 6.54 Å². The number of aliphatic hydroxyl groups is 9. The topological polar surface area (TPSA) is 270 Å². The van der Waals surface area contributed by atoms with E-state index in [0.717, 1.165) is 4.90 Å². The van der Waals surface area contributed by atoms with Crippen molar-refractivity contribution < 1.29 is 69.8 Å². The maximum absolute atomic E-state index is 13.1. The van der Waals surface area contributed by atoms with E-state index >= 15 is 0 Å². The highest BCUT2D eigenvalue weighted by molar-refractivity contribution is 6.02. The van der Waals surface area contributed by atoms with Crippen molar-refractivity contribution in [2.75, 3.05) is 7.05 Å². The Morgan fingerprint density at radius 2 is 1.58 bits per heavy atom. The minimum Gasteiger partial charge on any atom is -0.489 e. The molecule has 234 valence electrons. The molecule has 2 amide bonds. The number of aldehydes is 1. The van der Waals surface area contributed by atoms with Gasteiger partial charge in [-0.3, -0.25) is 19.2 Å². The third kappa shape index (κ3) is 5.48. The molecular formula is C26H31N3O14. The Labute approximate surface area is 243 Å². The molecule has 0 aromatic heterocycles. The predicted molar refractivity (Wildman–Crippen MR) is 137 cm³/mol. The van der Waals surface area contributed by atoms with Gasteiger partial charge in [-0.2, -0.15) is 4.90 Å². The summed E-state index contributed by atoms with van der Waals surface area (Å²) in [6, 6.07) is 10.3. The molecule has 17 heteroatoms. The van der Waals surface area contributed by atoms with Crippen LogP contribution >= 0.6 is 0 Å². The number of hydrogen-bond acceptors (Lipinski definition) is 15. The SMILES string of the molecule is CNC(=O)C(O)(CCC=O)N1Cc2c(OCc3ccc(CN4C(O)(O)C(O)(O)OC(O)(O)C4(O)O)cc3)cccc2C1=O. The van der Waals surface area contributed by atoms with Gasteiger partial charge in [0.1, 0.15) is 18.6 Å². The molecule has 0 spiro atoms. The number of carbonyl (C=O) groups excluding carboxylic acids is 3. The number of ether oxygens (including phenoxy) is 2. The van der Waals surface area contributed by atoms with Crippen LogP contribution in [0, 0.1) is 0 Å². The van der Waals surface area contributed by atoms with E-state index in [-0.39, 0.29) is 47.8 Å². The third-order valence-corrected chi connectivity index (χ3v) is 7.24. The summed E-state index contributed by atoms with van der Waals surface area (Å²) in [5, 5.41) is 92.8. The highest BCUT2D eigenvalue weighted by Crippen LogP contribution is 2.42. The molecule has 17 nitrogen and oxygen atoms in total. The lowest BCUT2D eigenvalue weighted by atomic mass is 10.0. The first-order valence-corrected chi connectivity index (χ1v) is 12.7. The fourth-order valence-electron chi connectivity index (χ4n) is 4.78. The van der Waals surface area contributed by atoms with Crippen molar-refractivity contribution >= 4 is 18.1 Å². The molecule has 1 fully saturated rings. The number of likely N-dealkylation sites (N-methyl/N-ethyl adjacent to an activating group) is 1. The van der Waals surface area contributed by atoms with Crippen LogP contribution in [-0.2, 0) is 34.0 Å². The van der Waals surface area contributed by atoms with Crippen molar-refractivity contribution in [3.05, 3.63) is 64.7 Å². The van der Waals surface area contributed by atoms with Crippen molar-refractivity contribution in [3.8, 4) is 5.75 Å². The first kappa shape index (κ1) is 32.3. The van der Waals surface area contributed by atoms with Crippen LogP contribution in [0.25, 0.3) is 0 Å². The number of fused-ring (bicyclic) bond motifs is 1. The Morgan fingerprint density at radius 3 is 2.14 bits per heavy atom. The van der Waals surface area contributed by atoms with E-state index in [1.807, 2.05) is 0 Å². The van der Waals surface area contributed by atoms with Crippen LogP contribution in [0.2, 0.25) is 0 Å². The fraction of sp³-hybridized carbons (Fsp3) is 0.423. The molecule has 0 aliphatic carbocycles. The monoisotopic (exact) mass is 609 g/mol. The van der Waals surface area contributed by atoms with Crippen molar-refractivity contribution in [3.63, 3.8) is 0 Å². The second kappa shape index (κ2) is 11.2. The lowest BCUT2D eigenvalue weighted by molar-refractivity contribution is -0.659. The zero-order chi connectivity index (χ0) is 32.0. The van der Waals surface area contributed by atoms with E-state index in [9.17, 15) is 60.3 Å². The predicted octanol–water partition coefficient (Wildman–Crippen LogP) is -3.98. The van der Waals surface area contributed by atoms with Crippen molar-refractivity contribution in [2.45, 2.75) is 62.0 Å². The quantitative estimate of drug-likeness (QED) is 0.0909. The molecule has 2 aromatic rings. The average molecular weight is 610 g/mol. The number of morpholine rings is 1. The van der Waals surface area contributed by atoms with Crippen LogP contribution < -0.4 is 10.1 Å². The standard InChI is InChI=1S/C26H31N3O14/c1-27-21(32)22(33,10-3-11-30)28-13-18-17(20(28)31)4-2-5-19(18)42-14-16-8-6-15(7-9-16)12-29-23(34,35)25(38,39)43-26(40,41)24(29,36)37/h2,4-9,11,33-41H,3,10,12-14H2,1H3,(H,27,32). The Bertz CT molecular complexity index is 1370. The van der Waals surface area contributed by atoms with E-state index in [0.29, 0.717) is 17.4 Å². The van der Waals surface area contributed by atoms with Crippen LogP contribution in [-0.4, -0.2) is 110 Å². The van der Waals surface area contributed by atoms with Crippen LogP contribution in [0.5, 0.6) is 5.75 Å². The van der Waals surface area contributed by atoms with Gasteiger partial charge in [0.25, 0.3) is 11.8 Å². The smallest absolute Gasteiger partial charge is 0.356 e. The molecule has 1 atom stereocenters. The van der Waals surface area contributed by atoms with E-state index in [4.69, 9.17) is 4.74 Å². The van der Waals surface area contributed by atoms with Crippen molar-refractivity contribution in [1.29, 1.82) is 0 Å². The fourth-order valence-corrected chi connectivity index (χ4v) is 4.78. The largest absolute Gasteiger partial charge is 0.489 e. The lowest BCUT2D eigenvalue weighted by Gasteiger charge is -2.55. The molecule has 2 aliphatic rings. The Kier molecular flexibility index (Phi) is 8.39. The van der Waals surface area contributed by atoms with Gasteiger partial charge in [0.15, 0.2) is 0 Å². The normalized spacial score (nSPS) is 21.5. The summed E-state index contributed by atoms with van der Waals surface area (Å²) >= 11 is 0. The van der Waals surface area contributed by atoms with E-state index in [2.05, 4.69) is 10.1 Å². The summed E-state index contributed by atoms with van der Waals surface area (Å²) in [6.45, 7) is -1.14. The molecule has 0 bridgehead atoms. The molecule has 2 heterocycles. The minimum atomic E-state index is -4.06. The number of rotatable bonds is 10. The van der Waals surface area contributed by atoms with Gasteiger partial charge in [-0.15, -0.1) is 0 Å². The second-order valence-corrected chi connectivity index (χ2v) is 10.1. The highest BCUT2D eigenvalue weighted by atomic mass is 16.9. The van der Waals surface area contributed by atoms with E-state index in [1.54, 1.807) is 12.1 Å². The number of nitrogens with zero attached hydrogens (tertiary/aromatic N) is 2. The zero-order valence-corrected chi connectivity index (χ0v) is 22.6. The Hall–Kier alpha value is -3.59. The van der Waals surface area contributed by atoms with Gasteiger partial charge in [-0.25, -0.2) is 0 Å². The van der Waals surface area contributed by atoms with E-state index < -0.39 is 47.9 Å². The molecule has 2 aliphatic heterocycles. The molecule has 0 radical (unpaired) electrons. The van der Waals surface area contributed by atoms with Crippen LogP contribution in [0.3, 0.4) is 0 Å². The number of carbonyl (C=O) groups is 3. The van der Waals surface area contributed by atoms with Crippen LogP contribution in [0.1, 0.15) is 39.9 Å². The molecule has 0 saturated carbocycles. The summed E-state index contributed by atoms with van der Waals surface area (Å²) < 4.78 is 9.73. The second-order valence-electron chi connectivity index (χ2n) is 10.1. The molecule has 1 saturated heterocycles. The summed E-state index contributed by atoms with van der Waals surface area (Å²) in [7, 11) is 1.29. The number of hydrogen-bond donors (Lipinski definition) is 10. The van der Waals surface area contributed by atoms with Gasteiger partial charge in [0, 0.05) is 37.6 Å². The first-order chi connectivity index (χ1) is 19.9. The summed E-state index contributed by atoms with van der Waals surface area (Å²) in [5.41, 5.74) is -1.08. The summed E-state index contributed by atoms with van der Waals surface area (Å²) in [5.74, 6) is -17.2. The molecular weight excluding hydrogens is 578 g/mol. The number of benzene rings is 2. The molecule has 4 rings (SSSR count). The Balaban J connectivity index is 1.50. The van der Waals surface area contributed by atoms with Gasteiger partial charge >= 0.3 is 23.8 Å². The number of nitrogens with one attached hydrogen (secondary N) is 1. The summed E-state index contributed by atoms with van der Waals surface area (Å²) in [6.07, 6.45) is 0.0283. The van der Waals surface area contributed by atoms with Gasteiger partial charge in [-0.1, -0.05) is 30.3 Å². The summed E-state index contributed by atoms with van der Waals surface area (Å²) in [4.78, 5) is 37.3. The average Bonchev–Trinajstić information content (AvgIpc) is 3.29. The highest BCUT2D eigenvalue weighted by Gasteiger charge is 2.74. The van der Waals surface area contributed by atoms with E-state index in [1.165, 1.54) is 37.4 Å². The van der Waals surface area contributed by atoms with Gasteiger partial charge < -0.3 is 60.8 Å². The van der Waals surface area contributed by atoms with Crippen LogP contribution in [0.4, 0.5) is 0 Å². The molecule has 43 heavy (non-hydrogen) atoms.